The average Bonchev–Trinajstić information content (AvgIpc) is 2.58. The van der Waals surface area contributed by atoms with Gasteiger partial charge in [0.2, 0.25) is 0 Å². The van der Waals surface area contributed by atoms with E-state index < -0.39 is 58.4 Å². The van der Waals surface area contributed by atoms with Gasteiger partial charge in [-0.3, -0.25) is 18.6 Å². The van der Waals surface area contributed by atoms with E-state index in [-0.39, 0.29) is 6.42 Å². The number of phosphoric acid groups is 1. The Bertz CT molecular complexity index is 456. The zero-order valence-electron chi connectivity index (χ0n) is 15.2. The van der Waals surface area contributed by atoms with Gasteiger partial charge in [-0.15, -0.1) is 0 Å². The Morgan fingerprint density at radius 2 is 1.50 bits per heavy atom. The molecule has 3 unspecified atom stereocenters. The highest BCUT2D eigenvalue weighted by Gasteiger charge is 2.27. The van der Waals surface area contributed by atoms with Crippen molar-refractivity contribution in [1.82, 2.24) is 0 Å². The number of hydrogen-bond acceptors (Lipinski definition) is 9. The van der Waals surface area contributed by atoms with E-state index in [0.29, 0.717) is 6.42 Å². The van der Waals surface area contributed by atoms with Gasteiger partial charge in [-0.2, -0.15) is 0 Å². The molecule has 3 atom stereocenters. The van der Waals surface area contributed by atoms with Crippen molar-refractivity contribution >= 4 is 19.8 Å². The molecular weight excluding hydrogens is 371 g/mol. The first kappa shape index (κ1) is 25.0. The number of carbonyl (C=O) groups excluding carboxylic acids is 2. The van der Waals surface area contributed by atoms with Crippen molar-refractivity contribution in [2.24, 2.45) is 0 Å². The first-order chi connectivity index (χ1) is 12.2. The standard InChI is InChI=1S/C15H29O10P/c1-3-4-5-6-7-15(19)25-14(9-17)11-23-26(20,21)22-10-13(8-16)24-12(2)18/h13-14,16-17H,3-11H2,1-2H3,(H,20,21). The molecule has 11 heteroatoms. The smallest absolute Gasteiger partial charge is 0.458 e. The number of unbranched alkanes of at least 4 members (excludes halogenated alkanes) is 3. The maximum Gasteiger partial charge on any atom is 0.472 e. The van der Waals surface area contributed by atoms with Crippen LogP contribution >= 0.6 is 7.82 Å². The summed E-state index contributed by atoms with van der Waals surface area (Å²) in [4.78, 5) is 31.9. The predicted octanol–water partition coefficient (Wildman–Crippen LogP) is 0.919. The Kier molecular flexibility index (Phi) is 13.5. The molecule has 10 nitrogen and oxygen atoms in total. The zero-order valence-corrected chi connectivity index (χ0v) is 16.1. The lowest BCUT2D eigenvalue weighted by Gasteiger charge is -2.19. The van der Waals surface area contributed by atoms with Crippen LogP contribution in [0.4, 0.5) is 0 Å². The average molecular weight is 400 g/mol. The van der Waals surface area contributed by atoms with E-state index in [0.717, 1.165) is 26.2 Å². The molecule has 0 fully saturated rings. The maximum atomic E-state index is 11.7. The van der Waals surface area contributed by atoms with E-state index in [9.17, 15) is 24.2 Å². The molecule has 3 N–H and O–H groups in total. The molecule has 0 bridgehead atoms. The number of esters is 2. The van der Waals surface area contributed by atoms with Crippen LogP contribution in [0.5, 0.6) is 0 Å². The molecule has 0 aliphatic carbocycles. The van der Waals surface area contributed by atoms with E-state index >= 15 is 0 Å². The second-order valence-corrected chi connectivity index (χ2v) is 7.03. The summed E-state index contributed by atoms with van der Waals surface area (Å²) in [5.74, 6) is -1.22. The quantitative estimate of drug-likeness (QED) is 0.206. The first-order valence-electron chi connectivity index (χ1n) is 8.44. The molecule has 0 aromatic carbocycles. The topological polar surface area (TPSA) is 149 Å². The van der Waals surface area contributed by atoms with Crippen LogP contribution < -0.4 is 0 Å². The van der Waals surface area contributed by atoms with E-state index in [4.69, 9.17) is 9.84 Å². The van der Waals surface area contributed by atoms with Crippen LogP contribution in [0.15, 0.2) is 0 Å². The van der Waals surface area contributed by atoms with Crippen LogP contribution in [0, 0.1) is 0 Å². The number of aliphatic hydroxyl groups excluding tert-OH is 2. The van der Waals surface area contributed by atoms with Gasteiger partial charge < -0.3 is 24.6 Å². The minimum Gasteiger partial charge on any atom is -0.458 e. The van der Waals surface area contributed by atoms with Crippen LogP contribution in [-0.4, -0.2) is 65.7 Å². The maximum absolute atomic E-state index is 11.7. The van der Waals surface area contributed by atoms with Gasteiger partial charge in [0.05, 0.1) is 26.4 Å². The molecule has 0 saturated heterocycles. The summed E-state index contributed by atoms with van der Waals surface area (Å²) in [7, 11) is -4.55. The second-order valence-electron chi connectivity index (χ2n) is 5.58. The minimum absolute atomic E-state index is 0.185. The van der Waals surface area contributed by atoms with Gasteiger partial charge in [0, 0.05) is 13.3 Å². The monoisotopic (exact) mass is 400 g/mol. The van der Waals surface area contributed by atoms with Crippen LogP contribution in [-0.2, 0) is 32.7 Å². The molecule has 0 heterocycles. The lowest BCUT2D eigenvalue weighted by molar-refractivity contribution is -0.153. The van der Waals surface area contributed by atoms with Crippen LogP contribution in [0.2, 0.25) is 0 Å². The summed E-state index contributed by atoms with van der Waals surface area (Å²) in [6, 6.07) is 0. The minimum atomic E-state index is -4.55. The van der Waals surface area contributed by atoms with Crippen LogP contribution in [0.3, 0.4) is 0 Å². The van der Waals surface area contributed by atoms with Gasteiger partial charge in [-0.25, -0.2) is 4.57 Å². The molecule has 0 rings (SSSR count). The lowest BCUT2D eigenvalue weighted by Crippen LogP contribution is -2.28. The third-order valence-electron chi connectivity index (χ3n) is 3.12. The Morgan fingerprint density at radius 1 is 0.962 bits per heavy atom. The number of ether oxygens (including phenoxy) is 2. The predicted molar refractivity (Wildman–Crippen MR) is 90.1 cm³/mol. The van der Waals surface area contributed by atoms with Crippen molar-refractivity contribution < 1.29 is 47.8 Å². The van der Waals surface area contributed by atoms with Crippen molar-refractivity contribution in [2.45, 2.75) is 58.2 Å². The molecule has 0 amide bonds. The van der Waals surface area contributed by atoms with Crippen molar-refractivity contribution in [1.29, 1.82) is 0 Å². The Morgan fingerprint density at radius 3 is 1.96 bits per heavy atom. The van der Waals surface area contributed by atoms with Crippen molar-refractivity contribution in [3.8, 4) is 0 Å². The first-order valence-corrected chi connectivity index (χ1v) is 9.93. The molecule has 0 aromatic rings. The van der Waals surface area contributed by atoms with Gasteiger partial charge in [-0.05, 0) is 6.42 Å². The SMILES string of the molecule is CCCCCCC(=O)OC(CO)COP(=O)(O)OCC(CO)OC(C)=O. The van der Waals surface area contributed by atoms with Gasteiger partial charge in [-0.1, -0.05) is 26.2 Å². The van der Waals surface area contributed by atoms with E-state index in [2.05, 4.69) is 13.8 Å². The molecular formula is C15H29O10P. The van der Waals surface area contributed by atoms with Crippen molar-refractivity contribution in [3.63, 3.8) is 0 Å². The van der Waals surface area contributed by atoms with Crippen LogP contribution in [0.25, 0.3) is 0 Å². The van der Waals surface area contributed by atoms with Gasteiger partial charge in [0.25, 0.3) is 0 Å². The fourth-order valence-electron chi connectivity index (χ4n) is 1.82. The molecule has 0 saturated carbocycles. The van der Waals surface area contributed by atoms with E-state index in [1.54, 1.807) is 0 Å². The molecule has 26 heavy (non-hydrogen) atoms. The number of carbonyl (C=O) groups is 2. The number of hydrogen-bond donors (Lipinski definition) is 3. The van der Waals surface area contributed by atoms with Gasteiger partial charge in [0.15, 0.2) is 0 Å². The molecule has 0 aliphatic heterocycles. The fraction of sp³-hybridized carbons (Fsp3) is 0.867. The fourth-order valence-corrected chi connectivity index (χ4v) is 2.60. The highest BCUT2D eigenvalue weighted by atomic mass is 31.2. The highest BCUT2D eigenvalue weighted by Crippen LogP contribution is 2.43. The Hall–Kier alpha value is -1.03. The summed E-state index contributed by atoms with van der Waals surface area (Å²) < 4.78 is 30.6. The van der Waals surface area contributed by atoms with Crippen LogP contribution in [0.1, 0.15) is 46.0 Å². The molecule has 0 radical (unpaired) electrons. The van der Waals surface area contributed by atoms with E-state index in [1.165, 1.54) is 0 Å². The van der Waals surface area contributed by atoms with E-state index in [1.807, 2.05) is 6.92 Å². The Balaban J connectivity index is 4.24. The lowest BCUT2D eigenvalue weighted by atomic mass is 10.1. The number of aliphatic hydroxyl groups is 2. The van der Waals surface area contributed by atoms with Gasteiger partial charge in [0.1, 0.15) is 12.2 Å². The Labute approximate surface area is 153 Å². The number of phosphoric ester groups is 1. The second kappa shape index (κ2) is 14.1. The largest absolute Gasteiger partial charge is 0.472 e. The normalized spacial score (nSPS) is 15.7. The molecule has 0 aliphatic rings. The highest BCUT2D eigenvalue weighted by molar-refractivity contribution is 7.47. The summed E-state index contributed by atoms with van der Waals surface area (Å²) in [5, 5.41) is 18.1. The third-order valence-corrected chi connectivity index (χ3v) is 4.07. The summed E-state index contributed by atoms with van der Waals surface area (Å²) >= 11 is 0. The van der Waals surface area contributed by atoms with Crippen molar-refractivity contribution in [3.05, 3.63) is 0 Å². The number of rotatable bonds is 15. The molecule has 0 aromatic heterocycles. The summed E-state index contributed by atoms with van der Waals surface area (Å²) in [6.45, 7) is 0.844. The summed E-state index contributed by atoms with van der Waals surface area (Å²) in [6.07, 6.45) is 1.54. The molecule has 154 valence electrons. The third kappa shape index (κ3) is 13.2. The zero-order chi connectivity index (χ0) is 20.0. The van der Waals surface area contributed by atoms with Crippen molar-refractivity contribution in [2.75, 3.05) is 26.4 Å². The van der Waals surface area contributed by atoms with Gasteiger partial charge >= 0.3 is 19.8 Å². The molecule has 0 spiro atoms. The summed E-state index contributed by atoms with van der Waals surface area (Å²) in [5.41, 5.74) is 0.